The van der Waals surface area contributed by atoms with Crippen molar-refractivity contribution in [2.75, 3.05) is 33.7 Å². The predicted octanol–water partition coefficient (Wildman–Crippen LogP) is -0.404. The molecule has 1 aromatic carbocycles. The monoisotopic (exact) mass is 389 g/mol. The zero-order valence-electron chi connectivity index (χ0n) is 15.5. The van der Waals surface area contributed by atoms with Gasteiger partial charge in [0, 0.05) is 0 Å². The number of likely N-dealkylation sites (N-methyl/N-ethyl adjacent to an activating group) is 1. The minimum atomic E-state index is -0.412. The fourth-order valence-electron chi connectivity index (χ4n) is 2.49. The number of rotatable bonds is 9. The Kier molecular flexibility index (Phi) is 7.97. The van der Waals surface area contributed by atoms with Crippen LogP contribution in [0.15, 0.2) is 47.8 Å². The third-order valence-electron chi connectivity index (χ3n) is 3.75. The van der Waals surface area contributed by atoms with Crippen LogP contribution in [0.5, 0.6) is 0 Å². The lowest BCUT2D eigenvalue weighted by molar-refractivity contribution is -0.860. The van der Waals surface area contributed by atoms with Gasteiger partial charge in [-0.05, 0) is 17.0 Å². The molecule has 0 fully saturated rings. The lowest BCUT2D eigenvalue weighted by atomic mass is 10.1. The molecule has 3 amide bonds. The lowest BCUT2D eigenvalue weighted by Crippen LogP contribution is -3.06. The van der Waals surface area contributed by atoms with Crippen molar-refractivity contribution in [1.29, 1.82) is 0 Å². The minimum absolute atomic E-state index is 0.139. The number of quaternary nitrogens is 1. The zero-order valence-corrected chi connectivity index (χ0v) is 16.3. The third kappa shape index (κ3) is 7.20. The molecule has 0 unspecified atom stereocenters. The zero-order chi connectivity index (χ0) is 19.6. The van der Waals surface area contributed by atoms with Crippen molar-refractivity contribution in [2.45, 2.75) is 6.04 Å². The highest BCUT2D eigenvalue weighted by molar-refractivity contribution is 7.12. The largest absolute Gasteiger partial charge is 0.346 e. The summed E-state index contributed by atoms with van der Waals surface area (Å²) < 4.78 is 0. The Balaban J connectivity index is 1.77. The minimum Gasteiger partial charge on any atom is -0.346 e. The summed E-state index contributed by atoms with van der Waals surface area (Å²) in [7, 11) is 4.03. The van der Waals surface area contributed by atoms with Gasteiger partial charge in [-0.1, -0.05) is 36.4 Å². The number of amides is 3. The smallest absolute Gasteiger partial charge is 0.261 e. The van der Waals surface area contributed by atoms with Gasteiger partial charge in [0.1, 0.15) is 12.6 Å². The fraction of sp³-hybridized carbons (Fsp3) is 0.316. The number of thiophene rings is 1. The highest BCUT2D eigenvalue weighted by atomic mass is 32.1. The maximum Gasteiger partial charge on any atom is 0.261 e. The maximum absolute atomic E-state index is 12.2. The van der Waals surface area contributed by atoms with Crippen molar-refractivity contribution in [2.24, 2.45) is 0 Å². The topological polar surface area (TPSA) is 91.7 Å². The quantitative estimate of drug-likeness (QED) is 0.470. The molecule has 0 bridgehead atoms. The van der Waals surface area contributed by atoms with Crippen LogP contribution < -0.4 is 20.9 Å². The van der Waals surface area contributed by atoms with Gasteiger partial charge in [-0.15, -0.1) is 11.3 Å². The van der Waals surface area contributed by atoms with Crippen LogP contribution in [-0.2, 0) is 9.59 Å². The SMILES string of the molecule is C[NH+](C)C[C@H](NC(=O)CNC(=O)CNC(=O)c1cccs1)c1ccccc1. The molecule has 1 atom stereocenters. The second kappa shape index (κ2) is 10.4. The van der Waals surface area contributed by atoms with Crippen LogP contribution in [0.3, 0.4) is 0 Å². The average Bonchev–Trinajstić information content (AvgIpc) is 3.19. The highest BCUT2D eigenvalue weighted by Gasteiger charge is 2.18. The Morgan fingerprint density at radius 2 is 1.67 bits per heavy atom. The molecule has 0 aliphatic heterocycles. The molecule has 0 spiro atoms. The Morgan fingerprint density at radius 3 is 2.30 bits per heavy atom. The molecule has 1 heterocycles. The van der Waals surface area contributed by atoms with Gasteiger partial charge in [0.2, 0.25) is 11.8 Å². The van der Waals surface area contributed by atoms with E-state index >= 15 is 0 Å². The van der Waals surface area contributed by atoms with Crippen molar-refractivity contribution in [3.63, 3.8) is 0 Å². The molecule has 7 nitrogen and oxygen atoms in total. The number of benzene rings is 1. The summed E-state index contributed by atoms with van der Waals surface area (Å²) in [5.41, 5.74) is 1.02. The molecule has 0 radical (unpaired) electrons. The number of carbonyl (C=O) groups is 3. The van der Waals surface area contributed by atoms with Crippen molar-refractivity contribution in [1.82, 2.24) is 16.0 Å². The molecule has 0 saturated heterocycles. The first-order valence-corrected chi connectivity index (χ1v) is 9.55. The second-order valence-electron chi connectivity index (χ2n) is 6.38. The Bertz CT molecular complexity index is 748. The molecule has 2 aromatic rings. The Morgan fingerprint density at radius 1 is 0.963 bits per heavy atom. The fourth-order valence-corrected chi connectivity index (χ4v) is 3.13. The molecule has 0 saturated carbocycles. The first-order valence-electron chi connectivity index (χ1n) is 8.67. The number of carbonyl (C=O) groups excluding carboxylic acids is 3. The van der Waals surface area contributed by atoms with Gasteiger partial charge in [-0.2, -0.15) is 0 Å². The molecule has 4 N–H and O–H groups in total. The molecule has 2 rings (SSSR count). The Hall–Kier alpha value is -2.71. The van der Waals surface area contributed by atoms with Gasteiger partial charge in [-0.3, -0.25) is 14.4 Å². The van der Waals surface area contributed by atoms with Gasteiger partial charge < -0.3 is 20.9 Å². The lowest BCUT2D eigenvalue weighted by Gasteiger charge is -2.21. The first-order chi connectivity index (χ1) is 13.0. The summed E-state index contributed by atoms with van der Waals surface area (Å²) in [4.78, 5) is 37.6. The summed E-state index contributed by atoms with van der Waals surface area (Å²) in [5, 5.41) is 9.79. The van der Waals surface area contributed by atoms with Crippen LogP contribution in [0.4, 0.5) is 0 Å². The third-order valence-corrected chi connectivity index (χ3v) is 4.62. The van der Waals surface area contributed by atoms with Crippen LogP contribution >= 0.6 is 11.3 Å². The molecule has 8 heteroatoms. The van der Waals surface area contributed by atoms with Crippen LogP contribution in [0, 0.1) is 0 Å². The van der Waals surface area contributed by atoms with E-state index in [2.05, 4.69) is 16.0 Å². The van der Waals surface area contributed by atoms with Crippen molar-refractivity contribution >= 4 is 29.1 Å². The molecular formula is C19H25N4O3S+. The molecule has 0 aliphatic carbocycles. The highest BCUT2D eigenvalue weighted by Crippen LogP contribution is 2.10. The van der Waals surface area contributed by atoms with E-state index in [1.807, 2.05) is 44.4 Å². The van der Waals surface area contributed by atoms with Gasteiger partial charge >= 0.3 is 0 Å². The Labute approximate surface area is 162 Å². The normalized spacial score (nSPS) is 11.7. The summed E-state index contributed by atoms with van der Waals surface area (Å²) in [5.74, 6) is -0.990. The summed E-state index contributed by atoms with van der Waals surface area (Å²) in [6, 6.07) is 13.0. The van der Waals surface area contributed by atoms with Crippen LogP contribution in [0.1, 0.15) is 21.3 Å². The summed E-state index contributed by atoms with van der Waals surface area (Å²) in [6.07, 6.45) is 0. The van der Waals surface area contributed by atoms with Gasteiger partial charge in [0.15, 0.2) is 0 Å². The van der Waals surface area contributed by atoms with Crippen LogP contribution in [0.2, 0.25) is 0 Å². The molecule has 0 aliphatic rings. The van der Waals surface area contributed by atoms with E-state index in [-0.39, 0.29) is 30.9 Å². The van der Waals surface area contributed by atoms with E-state index in [9.17, 15) is 14.4 Å². The van der Waals surface area contributed by atoms with Crippen molar-refractivity contribution in [3.8, 4) is 0 Å². The molecular weight excluding hydrogens is 364 g/mol. The predicted molar refractivity (Wildman–Crippen MR) is 105 cm³/mol. The van der Waals surface area contributed by atoms with Gasteiger partial charge in [0.25, 0.3) is 5.91 Å². The van der Waals surface area contributed by atoms with E-state index in [4.69, 9.17) is 0 Å². The van der Waals surface area contributed by atoms with Crippen LogP contribution in [-0.4, -0.2) is 51.5 Å². The number of nitrogens with one attached hydrogen (secondary N) is 4. The van der Waals surface area contributed by atoms with Crippen LogP contribution in [0.25, 0.3) is 0 Å². The van der Waals surface area contributed by atoms with Crippen molar-refractivity contribution < 1.29 is 19.3 Å². The van der Waals surface area contributed by atoms with Gasteiger partial charge in [-0.25, -0.2) is 0 Å². The number of hydrogen-bond donors (Lipinski definition) is 4. The molecule has 1 aromatic heterocycles. The summed E-state index contributed by atoms with van der Waals surface area (Å²) in [6.45, 7) is 0.411. The maximum atomic E-state index is 12.2. The van der Waals surface area contributed by atoms with E-state index in [0.29, 0.717) is 4.88 Å². The number of hydrogen-bond acceptors (Lipinski definition) is 4. The first kappa shape index (κ1) is 20.6. The standard InChI is InChI=1S/C19H24N4O3S/c1-23(2)13-15(14-7-4-3-5-8-14)22-18(25)12-20-17(24)11-21-19(26)16-9-6-10-27-16/h3-10,15H,11-13H2,1-2H3,(H,20,24)(H,21,26)(H,22,25)/p+1/t15-/m0/s1. The van der Waals surface area contributed by atoms with E-state index < -0.39 is 5.91 Å². The molecule has 144 valence electrons. The van der Waals surface area contributed by atoms with E-state index in [1.165, 1.54) is 16.2 Å². The average molecular weight is 390 g/mol. The van der Waals surface area contributed by atoms with E-state index in [1.54, 1.807) is 17.5 Å². The molecule has 27 heavy (non-hydrogen) atoms. The second-order valence-corrected chi connectivity index (χ2v) is 7.33. The summed E-state index contributed by atoms with van der Waals surface area (Å²) >= 11 is 1.30. The van der Waals surface area contributed by atoms with E-state index in [0.717, 1.165) is 12.1 Å². The van der Waals surface area contributed by atoms with Gasteiger partial charge in [0.05, 0.1) is 32.1 Å². The van der Waals surface area contributed by atoms with Crippen molar-refractivity contribution in [3.05, 3.63) is 58.3 Å².